The van der Waals surface area contributed by atoms with Gasteiger partial charge in [0, 0.05) is 34.9 Å². The maximum Gasteiger partial charge on any atom is 0.169 e. The lowest BCUT2D eigenvalue weighted by Crippen LogP contribution is -2.53. The highest BCUT2D eigenvalue weighted by atomic mass is 32.2. The highest BCUT2D eigenvalue weighted by molar-refractivity contribution is 7.86. The number of rotatable bonds is 3. The molecule has 1 aliphatic heterocycles. The van der Waals surface area contributed by atoms with Crippen LogP contribution in [0.5, 0.6) is 0 Å². The summed E-state index contributed by atoms with van der Waals surface area (Å²) < 4.78 is 24.9. The first-order valence-corrected chi connectivity index (χ1v) is 9.76. The first kappa shape index (κ1) is 15.9. The predicted octanol–water partition coefficient (Wildman–Crippen LogP) is 2.20. The summed E-state index contributed by atoms with van der Waals surface area (Å²) in [5, 5.41) is 3.92. The van der Waals surface area contributed by atoms with Crippen molar-refractivity contribution in [3.8, 4) is 0 Å². The van der Waals surface area contributed by atoms with E-state index in [1.807, 2.05) is 7.05 Å². The zero-order valence-corrected chi connectivity index (χ0v) is 14.1. The topological polar surface area (TPSA) is 47.6 Å². The van der Waals surface area contributed by atoms with Crippen LogP contribution in [0, 0.1) is 5.92 Å². The Hall–Kier alpha value is 0.0300. The van der Waals surface area contributed by atoms with Crippen molar-refractivity contribution >= 4 is 10.8 Å². The van der Waals surface area contributed by atoms with E-state index >= 15 is 0 Å². The molecule has 122 valence electrons. The highest BCUT2D eigenvalue weighted by Crippen LogP contribution is 2.40. The van der Waals surface area contributed by atoms with E-state index in [-0.39, 0.29) is 5.25 Å². The summed E-state index contributed by atoms with van der Waals surface area (Å²) in [5.74, 6) is 0.283. The molecule has 2 saturated carbocycles. The lowest BCUT2D eigenvalue weighted by Gasteiger charge is -2.42. The van der Waals surface area contributed by atoms with Gasteiger partial charge in [0.25, 0.3) is 0 Å². The van der Waals surface area contributed by atoms with Crippen LogP contribution in [0.25, 0.3) is 0 Å². The Morgan fingerprint density at radius 1 is 1.19 bits per heavy atom. The van der Waals surface area contributed by atoms with E-state index in [0.29, 0.717) is 24.5 Å². The van der Waals surface area contributed by atoms with Gasteiger partial charge in [0.15, 0.2) is 5.79 Å². The molecule has 1 saturated heterocycles. The molecule has 0 aromatic rings. The fraction of sp³-hybridized carbons (Fsp3) is 1.00. The molecular formula is C16H29NO3S. The molecular weight excluding hydrogens is 286 g/mol. The van der Waals surface area contributed by atoms with Gasteiger partial charge in [-0.3, -0.25) is 4.21 Å². The Bertz CT molecular complexity index is 384. The number of nitrogens with one attached hydrogen (secondary N) is 1. The Labute approximate surface area is 130 Å². The van der Waals surface area contributed by atoms with Gasteiger partial charge in [-0.05, 0) is 32.2 Å². The van der Waals surface area contributed by atoms with Crippen molar-refractivity contribution < 1.29 is 13.7 Å². The number of hydrogen-bond acceptors (Lipinski definition) is 4. The van der Waals surface area contributed by atoms with Gasteiger partial charge < -0.3 is 14.8 Å². The molecule has 21 heavy (non-hydrogen) atoms. The van der Waals surface area contributed by atoms with E-state index in [9.17, 15) is 4.21 Å². The van der Waals surface area contributed by atoms with Crippen LogP contribution in [0.3, 0.4) is 0 Å². The summed E-state index contributed by atoms with van der Waals surface area (Å²) in [7, 11) is 1.20. The van der Waals surface area contributed by atoms with Crippen molar-refractivity contribution in [3.63, 3.8) is 0 Å². The van der Waals surface area contributed by atoms with Crippen molar-refractivity contribution in [1.29, 1.82) is 0 Å². The third-order valence-corrected chi connectivity index (χ3v) is 7.67. The van der Waals surface area contributed by atoms with E-state index < -0.39 is 16.6 Å². The van der Waals surface area contributed by atoms with Crippen LogP contribution in [0.15, 0.2) is 0 Å². The summed E-state index contributed by atoms with van der Waals surface area (Å²) in [6, 6.07) is 0.335. The largest absolute Gasteiger partial charge is 0.347 e. The normalized spacial score (nSPS) is 41.2. The van der Waals surface area contributed by atoms with Gasteiger partial charge in [0.05, 0.1) is 18.5 Å². The third kappa shape index (κ3) is 3.36. The van der Waals surface area contributed by atoms with Crippen LogP contribution in [-0.2, 0) is 20.3 Å². The highest BCUT2D eigenvalue weighted by Gasteiger charge is 2.47. The number of ether oxygens (including phenoxy) is 2. The maximum atomic E-state index is 13.2. The smallest absolute Gasteiger partial charge is 0.169 e. The van der Waals surface area contributed by atoms with Gasteiger partial charge in [-0.1, -0.05) is 19.8 Å². The summed E-state index contributed by atoms with van der Waals surface area (Å²) in [6.45, 7) is 3.67. The minimum atomic E-state index is -0.788. The molecule has 3 aliphatic rings. The molecule has 5 unspecified atom stereocenters. The van der Waals surface area contributed by atoms with Crippen molar-refractivity contribution in [2.45, 2.75) is 74.2 Å². The summed E-state index contributed by atoms with van der Waals surface area (Å²) in [5.41, 5.74) is 0. The zero-order chi connectivity index (χ0) is 14.9. The molecule has 4 nitrogen and oxygen atoms in total. The summed E-state index contributed by atoms with van der Waals surface area (Å²) in [6.07, 6.45) is 7.47. The second kappa shape index (κ2) is 6.65. The van der Waals surface area contributed by atoms with Crippen LogP contribution in [0.1, 0.15) is 51.9 Å². The molecule has 0 bridgehead atoms. The van der Waals surface area contributed by atoms with E-state index in [4.69, 9.17) is 9.47 Å². The predicted molar refractivity (Wildman–Crippen MR) is 84.7 cm³/mol. The van der Waals surface area contributed by atoms with Gasteiger partial charge in [-0.25, -0.2) is 0 Å². The van der Waals surface area contributed by atoms with Gasteiger partial charge in [0.2, 0.25) is 0 Å². The number of hydrogen-bond donors (Lipinski definition) is 1. The van der Waals surface area contributed by atoms with Crippen LogP contribution in [0.4, 0.5) is 0 Å². The Kier molecular flexibility index (Phi) is 5.04. The van der Waals surface area contributed by atoms with Crippen molar-refractivity contribution in [2.75, 3.05) is 20.3 Å². The lowest BCUT2D eigenvalue weighted by atomic mass is 9.89. The molecule has 2 aliphatic carbocycles. The fourth-order valence-corrected chi connectivity index (χ4v) is 6.71. The molecule has 5 heteroatoms. The SMILES string of the molecule is CNC1CCC2(CC1S(=O)C1CCCC(C)C1)OCCO2. The molecule has 3 fully saturated rings. The Balaban J connectivity index is 1.71. The van der Waals surface area contributed by atoms with Gasteiger partial charge in [0.1, 0.15) is 0 Å². The Morgan fingerprint density at radius 2 is 1.95 bits per heavy atom. The van der Waals surface area contributed by atoms with E-state index in [0.717, 1.165) is 38.0 Å². The molecule has 3 rings (SSSR count). The fourth-order valence-electron chi connectivity index (χ4n) is 4.28. The maximum absolute atomic E-state index is 13.2. The zero-order valence-electron chi connectivity index (χ0n) is 13.3. The van der Waals surface area contributed by atoms with Crippen molar-refractivity contribution in [3.05, 3.63) is 0 Å². The summed E-state index contributed by atoms with van der Waals surface area (Å²) in [4.78, 5) is 0. The van der Waals surface area contributed by atoms with Gasteiger partial charge >= 0.3 is 0 Å². The Morgan fingerprint density at radius 3 is 2.62 bits per heavy atom. The van der Waals surface area contributed by atoms with E-state index in [2.05, 4.69) is 12.2 Å². The van der Waals surface area contributed by atoms with E-state index in [1.165, 1.54) is 12.8 Å². The van der Waals surface area contributed by atoms with Crippen LogP contribution in [-0.4, -0.2) is 46.8 Å². The average Bonchev–Trinajstić information content (AvgIpc) is 2.94. The van der Waals surface area contributed by atoms with Crippen molar-refractivity contribution in [1.82, 2.24) is 5.32 Å². The molecule has 1 heterocycles. The lowest BCUT2D eigenvalue weighted by molar-refractivity contribution is -0.178. The van der Waals surface area contributed by atoms with Crippen LogP contribution < -0.4 is 5.32 Å². The summed E-state index contributed by atoms with van der Waals surface area (Å²) >= 11 is 0. The first-order valence-electron chi connectivity index (χ1n) is 8.48. The molecule has 0 aromatic heterocycles. The quantitative estimate of drug-likeness (QED) is 0.867. The first-order chi connectivity index (χ1) is 10.1. The molecule has 5 atom stereocenters. The third-order valence-electron chi connectivity index (χ3n) is 5.50. The molecule has 0 aromatic carbocycles. The minimum Gasteiger partial charge on any atom is -0.347 e. The van der Waals surface area contributed by atoms with Crippen molar-refractivity contribution in [2.24, 2.45) is 5.92 Å². The molecule has 0 radical (unpaired) electrons. The van der Waals surface area contributed by atoms with Crippen LogP contribution >= 0.6 is 0 Å². The molecule has 1 N–H and O–H groups in total. The average molecular weight is 315 g/mol. The monoisotopic (exact) mass is 315 g/mol. The van der Waals surface area contributed by atoms with Crippen LogP contribution in [0.2, 0.25) is 0 Å². The van der Waals surface area contributed by atoms with Gasteiger partial charge in [-0.2, -0.15) is 0 Å². The molecule has 1 spiro atoms. The van der Waals surface area contributed by atoms with E-state index in [1.54, 1.807) is 0 Å². The second-order valence-electron chi connectivity index (χ2n) is 7.01. The second-order valence-corrected chi connectivity index (χ2v) is 8.94. The van der Waals surface area contributed by atoms with Gasteiger partial charge in [-0.15, -0.1) is 0 Å². The standard InChI is InChI=1S/C16H29NO3S/c1-12-4-3-5-13(10-12)21(18)15-11-16(19-8-9-20-16)7-6-14(15)17-2/h12-15,17H,3-11H2,1-2H3. The molecule has 0 amide bonds. The minimum absolute atomic E-state index is 0.164.